The summed E-state index contributed by atoms with van der Waals surface area (Å²) in [4.78, 5) is 0. The lowest BCUT2D eigenvalue weighted by Crippen LogP contribution is -1.82. The van der Waals surface area contributed by atoms with E-state index in [4.69, 9.17) is 4.42 Å². The van der Waals surface area contributed by atoms with Gasteiger partial charge in [0.1, 0.15) is 11.3 Å². The van der Waals surface area contributed by atoms with Crippen molar-refractivity contribution in [3.63, 3.8) is 0 Å². The molecule has 3 aromatic rings. The lowest BCUT2D eigenvalue weighted by Gasteiger charge is -1.99. The highest BCUT2D eigenvalue weighted by atomic mass is 79.9. The second-order valence-electron chi connectivity index (χ2n) is 4.59. The van der Waals surface area contributed by atoms with Crippen LogP contribution in [0.2, 0.25) is 0 Å². The van der Waals surface area contributed by atoms with E-state index in [9.17, 15) is 0 Å². The fraction of sp³-hybridized carbons (Fsp3) is 0.200. The molecule has 0 aliphatic heterocycles. The van der Waals surface area contributed by atoms with Gasteiger partial charge in [0.05, 0.1) is 4.47 Å². The summed E-state index contributed by atoms with van der Waals surface area (Å²) in [6.45, 7) is 4.29. The molecule has 0 amide bonds. The fourth-order valence-electron chi connectivity index (χ4n) is 2.22. The van der Waals surface area contributed by atoms with Crippen LogP contribution in [0.5, 0.6) is 0 Å². The molecule has 0 atom stereocenters. The van der Waals surface area contributed by atoms with Crippen molar-refractivity contribution in [2.45, 2.75) is 19.8 Å². The van der Waals surface area contributed by atoms with Gasteiger partial charge in [-0.15, -0.1) is 0 Å². The normalized spacial score (nSPS) is 11.8. The van der Waals surface area contributed by atoms with E-state index in [1.54, 1.807) is 0 Å². The van der Waals surface area contributed by atoms with Gasteiger partial charge in [-0.2, -0.15) is 0 Å². The molecule has 17 heavy (non-hydrogen) atoms. The Morgan fingerprint density at radius 3 is 2.59 bits per heavy atom. The Balaban J connectivity index is 2.49. The maximum atomic E-state index is 5.92. The van der Waals surface area contributed by atoms with Gasteiger partial charge in [0.2, 0.25) is 0 Å². The zero-order chi connectivity index (χ0) is 12.0. The van der Waals surface area contributed by atoms with Crippen LogP contribution in [0, 0.1) is 0 Å². The third-order valence-electron chi connectivity index (χ3n) is 3.07. The predicted molar refractivity (Wildman–Crippen MR) is 75.5 cm³/mol. The summed E-state index contributed by atoms with van der Waals surface area (Å²) in [5.41, 5.74) is 0.958. The molecule has 0 unspecified atom stereocenters. The molecule has 0 saturated heterocycles. The topological polar surface area (TPSA) is 13.1 Å². The molecule has 3 rings (SSSR count). The van der Waals surface area contributed by atoms with Gasteiger partial charge < -0.3 is 4.42 Å². The van der Waals surface area contributed by atoms with Crippen LogP contribution in [0.25, 0.3) is 21.7 Å². The van der Waals surface area contributed by atoms with Crippen molar-refractivity contribution < 1.29 is 4.42 Å². The minimum Gasteiger partial charge on any atom is -0.460 e. The lowest BCUT2D eigenvalue weighted by atomic mass is 10.1. The molecule has 0 saturated carbocycles. The van der Waals surface area contributed by atoms with Crippen molar-refractivity contribution in [3.05, 3.63) is 46.6 Å². The molecule has 0 aliphatic rings. The van der Waals surface area contributed by atoms with Crippen LogP contribution in [-0.4, -0.2) is 0 Å². The van der Waals surface area contributed by atoms with Gasteiger partial charge >= 0.3 is 0 Å². The monoisotopic (exact) mass is 288 g/mol. The van der Waals surface area contributed by atoms with Crippen LogP contribution in [-0.2, 0) is 0 Å². The standard InChI is InChI=1S/C15H13BrO/c1-9(2)15-14(16)13-11-6-4-3-5-10(11)7-8-12(13)17-15/h3-9H,1-2H3. The maximum absolute atomic E-state index is 5.92. The lowest BCUT2D eigenvalue weighted by molar-refractivity contribution is 0.518. The van der Waals surface area contributed by atoms with Gasteiger partial charge in [0, 0.05) is 11.3 Å². The number of benzene rings is 2. The SMILES string of the molecule is CC(C)c1oc2ccc3ccccc3c2c1Br. The summed E-state index contributed by atoms with van der Waals surface area (Å²) in [7, 11) is 0. The molecule has 1 nitrogen and oxygen atoms in total. The van der Waals surface area contributed by atoms with Crippen molar-refractivity contribution in [1.29, 1.82) is 0 Å². The molecule has 0 radical (unpaired) electrons. The quantitative estimate of drug-likeness (QED) is 0.578. The van der Waals surface area contributed by atoms with Gasteiger partial charge in [-0.05, 0) is 32.8 Å². The van der Waals surface area contributed by atoms with Crippen molar-refractivity contribution >= 4 is 37.7 Å². The van der Waals surface area contributed by atoms with Gasteiger partial charge in [0.25, 0.3) is 0 Å². The van der Waals surface area contributed by atoms with Crippen LogP contribution >= 0.6 is 15.9 Å². The van der Waals surface area contributed by atoms with E-state index in [-0.39, 0.29) is 0 Å². The van der Waals surface area contributed by atoms with Crippen molar-refractivity contribution in [1.82, 2.24) is 0 Å². The first kappa shape index (κ1) is 10.8. The number of furan rings is 1. The molecule has 0 fully saturated rings. The minimum atomic E-state index is 0.385. The van der Waals surface area contributed by atoms with E-state index in [1.807, 2.05) is 6.07 Å². The Morgan fingerprint density at radius 1 is 1.06 bits per heavy atom. The summed E-state index contributed by atoms with van der Waals surface area (Å²) in [5.74, 6) is 1.41. The Bertz CT molecular complexity index is 695. The third-order valence-corrected chi connectivity index (χ3v) is 3.86. The molecule has 2 heteroatoms. The molecule has 1 heterocycles. The summed E-state index contributed by atoms with van der Waals surface area (Å²) >= 11 is 3.68. The highest BCUT2D eigenvalue weighted by Gasteiger charge is 2.16. The average molecular weight is 289 g/mol. The Kier molecular flexibility index (Phi) is 2.48. The number of rotatable bonds is 1. The summed E-state index contributed by atoms with van der Waals surface area (Å²) in [6.07, 6.45) is 0. The number of fused-ring (bicyclic) bond motifs is 3. The molecule has 0 spiro atoms. The molecular formula is C15H13BrO. The molecular weight excluding hydrogens is 276 g/mol. The summed E-state index contributed by atoms with van der Waals surface area (Å²) < 4.78 is 7.02. The van der Waals surface area contributed by atoms with Crippen LogP contribution in [0.4, 0.5) is 0 Å². The minimum absolute atomic E-state index is 0.385. The van der Waals surface area contributed by atoms with Gasteiger partial charge in [-0.1, -0.05) is 44.2 Å². The number of halogens is 1. The molecule has 2 aromatic carbocycles. The maximum Gasteiger partial charge on any atom is 0.136 e. The Morgan fingerprint density at radius 2 is 1.82 bits per heavy atom. The van der Waals surface area contributed by atoms with Crippen LogP contribution in [0.3, 0.4) is 0 Å². The second-order valence-corrected chi connectivity index (χ2v) is 5.39. The molecule has 0 aliphatic carbocycles. The van der Waals surface area contributed by atoms with Gasteiger partial charge in [-0.3, -0.25) is 0 Å². The highest BCUT2D eigenvalue weighted by Crippen LogP contribution is 2.38. The predicted octanol–water partition coefficient (Wildman–Crippen LogP) is 5.47. The smallest absolute Gasteiger partial charge is 0.136 e. The first-order chi connectivity index (χ1) is 8.18. The number of hydrogen-bond donors (Lipinski definition) is 0. The van der Waals surface area contributed by atoms with E-state index in [2.05, 4.69) is 60.1 Å². The van der Waals surface area contributed by atoms with Gasteiger partial charge in [-0.25, -0.2) is 0 Å². The van der Waals surface area contributed by atoms with E-state index < -0.39 is 0 Å². The highest BCUT2D eigenvalue weighted by molar-refractivity contribution is 9.10. The van der Waals surface area contributed by atoms with Crippen LogP contribution in [0.15, 0.2) is 45.3 Å². The van der Waals surface area contributed by atoms with Crippen molar-refractivity contribution in [3.8, 4) is 0 Å². The Labute approximate surface area is 109 Å². The average Bonchev–Trinajstić information content (AvgIpc) is 2.67. The van der Waals surface area contributed by atoms with Crippen molar-refractivity contribution in [2.75, 3.05) is 0 Å². The summed E-state index contributed by atoms with van der Waals surface area (Å²) in [6, 6.07) is 12.6. The van der Waals surface area contributed by atoms with E-state index in [0.717, 1.165) is 15.8 Å². The zero-order valence-electron chi connectivity index (χ0n) is 9.83. The van der Waals surface area contributed by atoms with E-state index >= 15 is 0 Å². The fourth-order valence-corrected chi connectivity index (χ4v) is 3.17. The van der Waals surface area contributed by atoms with E-state index in [0.29, 0.717) is 5.92 Å². The molecule has 86 valence electrons. The first-order valence-electron chi connectivity index (χ1n) is 5.78. The molecule has 0 N–H and O–H groups in total. The van der Waals surface area contributed by atoms with E-state index in [1.165, 1.54) is 16.2 Å². The first-order valence-corrected chi connectivity index (χ1v) is 6.57. The van der Waals surface area contributed by atoms with Crippen LogP contribution in [0.1, 0.15) is 25.5 Å². The van der Waals surface area contributed by atoms with Gasteiger partial charge in [0.15, 0.2) is 0 Å². The molecule has 1 aromatic heterocycles. The summed E-state index contributed by atoms with van der Waals surface area (Å²) in [5, 5.41) is 3.68. The zero-order valence-corrected chi connectivity index (χ0v) is 11.4. The largest absolute Gasteiger partial charge is 0.460 e. The van der Waals surface area contributed by atoms with Crippen molar-refractivity contribution in [2.24, 2.45) is 0 Å². The number of hydrogen-bond acceptors (Lipinski definition) is 1. The second kappa shape index (κ2) is 3.88. The Hall–Kier alpha value is -1.28. The van der Waals surface area contributed by atoms with Crippen LogP contribution < -0.4 is 0 Å². The molecule has 0 bridgehead atoms. The third kappa shape index (κ3) is 1.59.